The number of nitrogens with zero attached hydrogens (tertiary/aromatic N) is 1. The highest BCUT2D eigenvalue weighted by Crippen LogP contribution is 2.11. The van der Waals surface area contributed by atoms with Crippen LogP contribution in [0.25, 0.3) is 0 Å². The van der Waals surface area contributed by atoms with Crippen LogP contribution in [0.3, 0.4) is 0 Å². The fourth-order valence-corrected chi connectivity index (χ4v) is 3.22. The molecule has 1 aromatic carbocycles. The molecule has 0 fully saturated rings. The molecule has 0 aromatic heterocycles. The summed E-state index contributed by atoms with van der Waals surface area (Å²) in [6, 6.07) is 10.5. The SMILES string of the molecule is CCCCCCCCCCCC(=O)OCC[N+](C)(C)Cc1ccccc1. The van der Waals surface area contributed by atoms with Gasteiger partial charge in [-0.3, -0.25) is 4.79 Å². The van der Waals surface area contributed by atoms with Crippen LogP contribution in [0.2, 0.25) is 0 Å². The molecule has 3 heteroatoms. The maximum absolute atomic E-state index is 11.9. The van der Waals surface area contributed by atoms with Crippen molar-refractivity contribution in [3.8, 4) is 0 Å². The Kier molecular flexibility index (Phi) is 12.0. The first-order valence-electron chi connectivity index (χ1n) is 10.5. The number of ether oxygens (including phenoxy) is 1. The lowest BCUT2D eigenvalue weighted by atomic mass is 10.1. The molecule has 0 unspecified atom stereocenters. The lowest BCUT2D eigenvalue weighted by Crippen LogP contribution is -2.41. The Morgan fingerprint density at radius 1 is 0.885 bits per heavy atom. The van der Waals surface area contributed by atoms with Gasteiger partial charge in [-0.05, 0) is 6.42 Å². The van der Waals surface area contributed by atoms with E-state index in [1.165, 1.54) is 50.5 Å². The molecular weight excluding hydrogens is 322 g/mol. The number of hydrogen-bond acceptors (Lipinski definition) is 2. The summed E-state index contributed by atoms with van der Waals surface area (Å²) in [6.45, 7) is 4.56. The van der Waals surface area contributed by atoms with E-state index in [4.69, 9.17) is 4.74 Å². The van der Waals surface area contributed by atoms with E-state index in [9.17, 15) is 4.79 Å². The van der Waals surface area contributed by atoms with Gasteiger partial charge in [-0.15, -0.1) is 0 Å². The van der Waals surface area contributed by atoms with Crippen LogP contribution < -0.4 is 0 Å². The van der Waals surface area contributed by atoms with E-state index < -0.39 is 0 Å². The maximum atomic E-state index is 11.9. The second kappa shape index (κ2) is 13.8. The Hall–Kier alpha value is -1.35. The van der Waals surface area contributed by atoms with Crippen LogP contribution in [0.4, 0.5) is 0 Å². The van der Waals surface area contributed by atoms with E-state index in [1.54, 1.807) is 0 Å². The number of esters is 1. The average Bonchev–Trinajstić information content (AvgIpc) is 2.60. The Morgan fingerprint density at radius 2 is 1.46 bits per heavy atom. The minimum absolute atomic E-state index is 0.0346. The molecule has 0 saturated carbocycles. The fourth-order valence-electron chi connectivity index (χ4n) is 3.22. The number of benzene rings is 1. The quantitative estimate of drug-likeness (QED) is 0.226. The van der Waals surface area contributed by atoms with Gasteiger partial charge < -0.3 is 9.22 Å². The van der Waals surface area contributed by atoms with Crippen LogP contribution in [0.1, 0.15) is 76.7 Å². The molecular formula is C23H40NO2+. The Balaban J connectivity index is 2.00. The van der Waals surface area contributed by atoms with Gasteiger partial charge in [-0.2, -0.15) is 0 Å². The van der Waals surface area contributed by atoms with Crippen LogP contribution >= 0.6 is 0 Å². The van der Waals surface area contributed by atoms with Crippen molar-refractivity contribution >= 4 is 5.97 Å². The molecule has 0 saturated heterocycles. The van der Waals surface area contributed by atoms with Crippen LogP contribution in [-0.4, -0.2) is 37.7 Å². The van der Waals surface area contributed by atoms with Crippen molar-refractivity contribution in [2.75, 3.05) is 27.2 Å². The van der Waals surface area contributed by atoms with Crippen molar-refractivity contribution in [3.63, 3.8) is 0 Å². The number of quaternary nitrogens is 1. The smallest absolute Gasteiger partial charge is 0.305 e. The van der Waals surface area contributed by atoms with Gasteiger partial charge in [0.15, 0.2) is 0 Å². The number of carbonyl (C=O) groups excluding carboxylic acids is 1. The molecule has 0 radical (unpaired) electrons. The summed E-state index contributed by atoms with van der Waals surface area (Å²) in [6.07, 6.45) is 12.0. The molecule has 0 amide bonds. The predicted molar refractivity (Wildman–Crippen MR) is 110 cm³/mol. The van der Waals surface area contributed by atoms with Crippen molar-refractivity contribution in [1.29, 1.82) is 0 Å². The van der Waals surface area contributed by atoms with Gasteiger partial charge in [0.25, 0.3) is 0 Å². The Bertz CT molecular complexity index is 470. The van der Waals surface area contributed by atoms with Crippen molar-refractivity contribution < 1.29 is 14.0 Å². The summed E-state index contributed by atoms with van der Waals surface area (Å²) < 4.78 is 6.26. The van der Waals surface area contributed by atoms with Gasteiger partial charge in [-0.25, -0.2) is 0 Å². The molecule has 0 atom stereocenters. The largest absolute Gasteiger partial charge is 0.460 e. The first kappa shape index (κ1) is 22.7. The van der Waals surface area contributed by atoms with E-state index in [2.05, 4.69) is 45.3 Å². The predicted octanol–water partition coefficient (Wildman–Crippen LogP) is 5.73. The number of likely N-dealkylation sites (N-methyl/N-ethyl adjacent to an activating group) is 1. The molecule has 0 aliphatic heterocycles. The molecule has 148 valence electrons. The van der Waals surface area contributed by atoms with E-state index in [1.807, 2.05) is 6.07 Å². The number of hydrogen-bond donors (Lipinski definition) is 0. The van der Waals surface area contributed by atoms with Gasteiger partial charge in [0.2, 0.25) is 0 Å². The highest BCUT2D eigenvalue weighted by Gasteiger charge is 2.16. The summed E-state index contributed by atoms with van der Waals surface area (Å²) in [5.74, 6) is -0.0346. The third-order valence-corrected chi connectivity index (χ3v) is 4.90. The lowest BCUT2D eigenvalue weighted by Gasteiger charge is -2.29. The molecule has 1 aromatic rings. The van der Waals surface area contributed by atoms with Crippen LogP contribution in [0.5, 0.6) is 0 Å². The monoisotopic (exact) mass is 362 g/mol. The second-order valence-corrected chi connectivity index (χ2v) is 8.10. The minimum atomic E-state index is -0.0346. The van der Waals surface area contributed by atoms with Crippen molar-refractivity contribution in [1.82, 2.24) is 0 Å². The van der Waals surface area contributed by atoms with E-state index in [-0.39, 0.29) is 5.97 Å². The second-order valence-electron chi connectivity index (χ2n) is 8.10. The first-order valence-corrected chi connectivity index (χ1v) is 10.5. The van der Waals surface area contributed by atoms with Gasteiger partial charge in [-0.1, -0.05) is 88.6 Å². The molecule has 26 heavy (non-hydrogen) atoms. The van der Waals surface area contributed by atoms with Crippen molar-refractivity contribution in [2.45, 2.75) is 77.7 Å². The highest BCUT2D eigenvalue weighted by atomic mass is 16.5. The van der Waals surface area contributed by atoms with E-state index >= 15 is 0 Å². The molecule has 3 nitrogen and oxygen atoms in total. The normalized spacial score (nSPS) is 11.5. The first-order chi connectivity index (χ1) is 12.5. The molecule has 0 aliphatic rings. The maximum Gasteiger partial charge on any atom is 0.305 e. The zero-order valence-corrected chi connectivity index (χ0v) is 17.3. The summed E-state index contributed by atoms with van der Waals surface area (Å²) in [7, 11) is 4.36. The third-order valence-electron chi connectivity index (χ3n) is 4.90. The van der Waals surface area contributed by atoms with Gasteiger partial charge in [0.1, 0.15) is 19.7 Å². The van der Waals surface area contributed by atoms with E-state index in [0.29, 0.717) is 13.0 Å². The third kappa shape index (κ3) is 12.1. The summed E-state index contributed by atoms with van der Waals surface area (Å²) in [4.78, 5) is 11.9. The standard InChI is InChI=1S/C23H40NO2/c1-4-5-6-7-8-9-10-11-15-18-23(25)26-20-19-24(2,3)21-22-16-13-12-14-17-22/h12-14,16-17H,4-11,15,18-21H2,1-3H3/q+1. The Morgan fingerprint density at radius 3 is 2.08 bits per heavy atom. The molecule has 0 N–H and O–H groups in total. The van der Waals surface area contributed by atoms with Gasteiger partial charge >= 0.3 is 5.97 Å². The number of carbonyl (C=O) groups is 1. The van der Waals surface area contributed by atoms with Crippen LogP contribution in [0.15, 0.2) is 30.3 Å². The highest BCUT2D eigenvalue weighted by molar-refractivity contribution is 5.69. The van der Waals surface area contributed by atoms with Crippen LogP contribution in [0, 0.1) is 0 Å². The molecule has 0 spiro atoms. The number of rotatable bonds is 15. The van der Waals surface area contributed by atoms with Crippen molar-refractivity contribution in [3.05, 3.63) is 35.9 Å². The summed E-state index contributed by atoms with van der Waals surface area (Å²) >= 11 is 0. The molecule has 0 bridgehead atoms. The lowest BCUT2D eigenvalue weighted by molar-refractivity contribution is -0.903. The zero-order valence-electron chi connectivity index (χ0n) is 17.3. The van der Waals surface area contributed by atoms with Gasteiger partial charge in [0.05, 0.1) is 14.1 Å². The summed E-state index contributed by atoms with van der Waals surface area (Å²) in [5.41, 5.74) is 1.32. The Labute approximate surface area is 161 Å². The molecule has 1 rings (SSSR count). The fraction of sp³-hybridized carbons (Fsp3) is 0.696. The number of unbranched alkanes of at least 4 members (excludes halogenated alkanes) is 8. The van der Waals surface area contributed by atoms with Crippen molar-refractivity contribution in [2.24, 2.45) is 0 Å². The molecule has 0 heterocycles. The van der Waals surface area contributed by atoms with Gasteiger partial charge in [0, 0.05) is 12.0 Å². The topological polar surface area (TPSA) is 26.3 Å². The average molecular weight is 363 g/mol. The zero-order chi connectivity index (χ0) is 19.1. The molecule has 0 aliphatic carbocycles. The summed E-state index contributed by atoms with van der Waals surface area (Å²) in [5, 5.41) is 0. The minimum Gasteiger partial charge on any atom is -0.460 e. The van der Waals surface area contributed by atoms with E-state index in [0.717, 1.165) is 30.4 Å². The van der Waals surface area contributed by atoms with Crippen LogP contribution in [-0.2, 0) is 16.1 Å².